The monoisotopic (exact) mass is 523 g/mol. The molecule has 1 fully saturated rings. The van der Waals surface area contributed by atoms with Gasteiger partial charge in [-0.3, -0.25) is 4.79 Å². The van der Waals surface area contributed by atoms with Crippen molar-refractivity contribution in [3.63, 3.8) is 0 Å². The third-order valence-corrected chi connectivity index (χ3v) is 7.37. The number of carbonyl (C=O) groups excluding carboxylic acids is 1. The molecule has 2 unspecified atom stereocenters. The molecule has 1 aliphatic heterocycles. The third-order valence-electron chi connectivity index (χ3n) is 5.91. The van der Waals surface area contributed by atoms with Gasteiger partial charge in [0.15, 0.2) is 5.82 Å². The van der Waals surface area contributed by atoms with E-state index in [0.29, 0.717) is 22.5 Å². The minimum Gasteiger partial charge on any atom is -0.405 e. The van der Waals surface area contributed by atoms with Gasteiger partial charge in [-0.2, -0.15) is 0 Å². The minimum atomic E-state index is -0.185. The molecule has 2 atom stereocenters. The maximum Gasteiger partial charge on any atom is 0.221 e. The maximum absolute atomic E-state index is 11.5. The van der Waals surface area contributed by atoms with Gasteiger partial charge in [0, 0.05) is 29.1 Å². The molecule has 36 heavy (non-hydrogen) atoms. The fourth-order valence-electron chi connectivity index (χ4n) is 4.25. The lowest BCUT2D eigenvalue weighted by Crippen LogP contribution is -2.29. The Balaban J connectivity index is 1.79. The van der Waals surface area contributed by atoms with Gasteiger partial charge >= 0.3 is 0 Å². The summed E-state index contributed by atoms with van der Waals surface area (Å²) in [6.07, 6.45) is 7.79. The van der Waals surface area contributed by atoms with Gasteiger partial charge in [0.05, 0.1) is 10.9 Å². The van der Waals surface area contributed by atoms with E-state index in [1.807, 2.05) is 24.3 Å². The molecule has 188 valence electrons. The smallest absolute Gasteiger partial charge is 0.221 e. The lowest BCUT2D eigenvalue weighted by molar-refractivity contribution is -0.118. The standard InChI is InChI=1S/C26H30ClN7OS/c1-16(33-17(2)35)11-20(7-9-28)23-12-22(25(36-23)26-31-15-32-34-26)24(19-3-5-21(27)6-4-19)30-14-18-8-10-29-13-18/h3-7,9,11-12,15,18,24,29-30H,1,8,10,13-14,28H2,2H3,(H,33,35)(H,31,32,34)/b9-7-,20-11+. The molecule has 3 aromatic rings. The Morgan fingerprint density at radius 2 is 2.19 bits per heavy atom. The number of hydrogen-bond donors (Lipinski definition) is 5. The maximum atomic E-state index is 11.5. The number of aromatic amines is 1. The molecule has 0 bridgehead atoms. The highest BCUT2D eigenvalue weighted by atomic mass is 35.5. The van der Waals surface area contributed by atoms with Crippen LogP contribution < -0.4 is 21.7 Å². The molecule has 1 amide bonds. The van der Waals surface area contributed by atoms with E-state index in [1.165, 1.54) is 13.1 Å². The van der Waals surface area contributed by atoms with Crippen LogP contribution in [0.25, 0.3) is 16.3 Å². The number of carbonyl (C=O) groups is 1. The average molecular weight is 524 g/mol. The number of H-pyrrole nitrogens is 1. The molecule has 0 spiro atoms. The van der Waals surface area contributed by atoms with Crippen molar-refractivity contribution >= 4 is 34.4 Å². The predicted octanol–water partition coefficient (Wildman–Crippen LogP) is 3.98. The highest BCUT2D eigenvalue weighted by Crippen LogP contribution is 2.40. The number of rotatable bonds is 10. The van der Waals surface area contributed by atoms with Gasteiger partial charge < -0.3 is 26.7 Å². The summed E-state index contributed by atoms with van der Waals surface area (Å²) in [4.78, 5) is 16.6. The number of amides is 1. The number of nitrogens with one attached hydrogen (secondary N) is 4. The molecule has 6 N–H and O–H groups in total. The second kappa shape index (κ2) is 12.1. The Kier molecular flexibility index (Phi) is 8.71. The summed E-state index contributed by atoms with van der Waals surface area (Å²) < 4.78 is 0. The first-order valence-electron chi connectivity index (χ1n) is 11.7. The number of nitrogens with two attached hydrogens (primary N) is 1. The molecule has 0 saturated carbocycles. The van der Waals surface area contributed by atoms with E-state index >= 15 is 0 Å². The number of allylic oxidation sites excluding steroid dienone is 3. The van der Waals surface area contributed by atoms with Crippen LogP contribution in [0.2, 0.25) is 5.02 Å². The van der Waals surface area contributed by atoms with Crippen LogP contribution in [0, 0.1) is 5.92 Å². The summed E-state index contributed by atoms with van der Waals surface area (Å²) in [7, 11) is 0. The van der Waals surface area contributed by atoms with Crippen LogP contribution >= 0.6 is 22.9 Å². The van der Waals surface area contributed by atoms with Crippen molar-refractivity contribution in [2.45, 2.75) is 19.4 Å². The molecule has 1 aromatic carbocycles. The lowest BCUT2D eigenvalue weighted by atomic mass is 9.96. The van der Waals surface area contributed by atoms with E-state index in [2.05, 4.69) is 43.8 Å². The number of thiophene rings is 1. The summed E-state index contributed by atoms with van der Waals surface area (Å²) in [6, 6.07) is 9.94. The molecular formula is C26H30ClN7OS. The first-order valence-corrected chi connectivity index (χ1v) is 12.9. The third kappa shape index (κ3) is 6.50. The largest absolute Gasteiger partial charge is 0.405 e. The second-order valence-corrected chi connectivity index (χ2v) is 10.1. The van der Waals surface area contributed by atoms with Crippen LogP contribution in [0.5, 0.6) is 0 Å². The van der Waals surface area contributed by atoms with Crippen LogP contribution in [0.1, 0.15) is 35.4 Å². The van der Waals surface area contributed by atoms with Gasteiger partial charge in [-0.15, -0.1) is 21.5 Å². The Bertz CT molecular complexity index is 1240. The minimum absolute atomic E-state index is 0.102. The summed E-state index contributed by atoms with van der Waals surface area (Å²) in [5, 5.41) is 18.9. The molecule has 1 saturated heterocycles. The normalized spacial score (nSPS) is 16.9. The van der Waals surface area contributed by atoms with Gasteiger partial charge in [-0.05, 0) is 78.7 Å². The zero-order valence-electron chi connectivity index (χ0n) is 20.1. The summed E-state index contributed by atoms with van der Waals surface area (Å²) >= 11 is 7.77. The fourth-order valence-corrected chi connectivity index (χ4v) is 5.52. The average Bonchev–Trinajstić information content (AvgIpc) is 3.61. The number of halogens is 1. The molecule has 3 heterocycles. The van der Waals surface area contributed by atoms with Crippen molar-refractivity contribution in [2.24, 2.45) is 11.7 Å². The first-order chi connectivity index (χ1) is 17.4. The van der Waals surface area contributed by atoms with E-state index in [4.69, 9.17) is 17.3 Å². The van der Waals surface area contributed by atoms with Crippen LogP contribution in [-0.2, 0) is 4.79 Å². The molecule has 0 aliphatic carbocycles. The molecule has 4 rings (SSSR count). The van der Waals surface area contributed by atoms with Gasteiger partial charge in [-0.1, -0.05) is 30.3 Å². The molecule has 8 nitrogen and oxygen atoms in total. The highest BCUT2D eigenvalue weighted by molar-refractivity contribution is 7.16. The fraction of sp³-hybridized carbons (Fsp3) is 0.269. The van der Waals surface area contributed by atoms with E-state index < -0.39 is 0 Å². The Morgan fingerprint density at radius 3 is 2.83 bits per heavy atom. The Hall–Kier alpha value is -3.24. The Labute approximate surface area is 219 Å². The van der Waals surface area contributed by atoms with Gasteiger partial charge in [-0.25, -0.2) is 0 Å². The van der Waals surface area contributed by atoms with Crippen LogP contribution in [-0.4, -0.2) is 40.7 Å². The van der Waals surface area contributed by atoms with E-state index in [1.54, 1.807) is 29.8 Å². The van der Waals surface area contributed by atoms with E-state index in [-0.39, 0.29) is 11.9 Å². The topological polar surface area (TPSA) is 121 Å². The van der Waals surface area contributed by atoms with Gasteiger partial charge in [0.1, 0.15) is 6.33 Å². The number of benzene rings is 1. The summed E-state index contributed by atoms with van der Waals surface area (Å²) in [5.41, 5.74) is 9.23. The van der Waals surface area contributed by atoms with Crippen molar-refractivity contribution in [1.29, 1.82) is 0 Å². The lowest BCUT2D eigenvalue weighted by Gasteiger charge is -2.22. The van der Waals surface area contributed by atoms with Gasteiger partial charge in [0.2, 0.25) is 5.91 Å². The van der Waals surface area contributed by atoms with Crippen molar-refractivity contribution in [2.75, 3.05) is 19.6 Å². The molecule has 2 aromatic heterocycles. The molecule has 1 aliphatic rings. The van der Waals surface area contributed by atoms with Gasteiger partial charge in [0.25, 0.3) is 0 Å². The number of hydrogen-bond acceptors (Lipinski definition) is 7. The second-order valence-electron chi connectivity index (χ2n) is 8.65. The summed E-state index contributed by atoms with van der Waals surface area (Å²) in [5.74, 6) is 1.06. The van der Waals surface area contributed by atoms with E-state index in [9.17, 15) is 4.79 Å². The Morgan fingerprint density at radius 1 is 1.39 bits per heavy atom. The predicted molar refractivity (Wildman–Crippen MR) is 146 cm³/mol. The summed E-state index contributed by atoms with van der Waals surface area (Å²) in [6.45, 7) is 8.31. The zero-order chi connectivity index (χ0) is 25.5. The van der Waals surface area contributed by atoms with Crippen LogP contribution in [0.15, 0.2) is 67.3 Å². The molecule has 10 heteroatoms. The van der Waals surface area contributed by atoms with Crippen molar-refractivity contribution in [1.82, 2.24) is 31.1 Å². The van der Waals surface area contributed by atoms with Crippen LogP contribution in [0.4, 0.5) is 0 Å². The molecular weight excluding hydrogens is 494 g/mol. The molecule has 0 radical (unpaired) electrons. The number of aromatic nitrogens is 3. The van der Waals surface area contributed by atoms with E-state index in [0.717, 1.165) is 52.5 Å². The first kappa shape index (κ1) is 25.8. The van der Waals surface area contributed by atoms with Crippen molar-refractivity contribution in [3.05, 3.63) is 88.3 Å². The van der Waals surface area contributed by atoms with Crippen molar-refractivity contribution in [3.8, 4) is 10.7 Å². The highest BCUT2D eigenvalue weighted by Gasteiger charge is 2.25. The van der Waals surface area contributed by atoms with Crippen LogP contribution in [0.3, 0.4) is 0 Å². The zero-order valence-corrected chi connectivity index (χ0v) is 21.6. The number of nitrogens with zero attached hydrogens (tertiary/aromatic N) is 2. The quantitative estimate of drug-likeness (QED) is 0.256. The SMILES string of the molecule is C=C(/C=C(\C=C/N)c1cc(C(NCC2CCNC2)c2ccc(Cl)cc2)c(-c2nnc[nH]2)s1)NC(C)=O. The van der Waals surface area contributed by atoms with Crippen molar-refractivity contribution < 1.29 is 4.79 Å².